The summed E-state index contributed by atoms with van der Waals surface area (Å²) in [4.78, 5) is 59.0. The maximum Gasteiger partial charge on any atom is 0.472 e. The molecule has 0 bridgehead atoms. The van der Waals surface area contributed by atoms with Crippen LogP contribution in [0.1, 0.15) is 355 Å². The van der Waals surface area contributed by atoms with Gasteiger partial charge in [-0.1, -0.05) is 363 Å². The summed E-state index contributed by atoms with van der Waals surface area (Å²) in [6.07, 6.45) is 119. The van der Waals surface area contributed by atoms with Crippen LogP contribution >= 0.6 is 15.6 Å². The molecule has 0 saturated heterocycles. The lowest BCUT2D eigenvalue weighted by Gasteiger charge is -2.21. The third-order valence-corrected chi connectivity index (χ3v) is 20.7. The maximum atomic E-state index is 13.1. The van der Waals surface area contributed by atoms with Gasteiger partial charge in [0.15, 0.2) is 6.10 Å². The molecule has 18 heteroatoms. The van der Waals surface area contributed by atoms with Crippen molar-refractivity contribution in [1.29, 1.82) is 0 Å². The molecule has 0 rings (SSSR count). The predicted octanol–water partition coefficient (Wildman–Crippen LogP) is 28.2. The summed E-state index contributed by atoms with van der Waals surface area (Å²) >= 11 is 0. The van der Waals surface area contributed by atoms with Crippen LogP contribution in [0.4, 0.5) is 0 Å². The first-order chi connectivity index (χ1) is 57.2. The molecule has 0 aromatic heterocycles. The molecule has 117 heavy (non-hydrogen) atoms. The molecule has 0 spiro atoms. The van der Waals surface area contributed by atoms with Crippen LogP contribution in [0.5, 0.6) is 0 Å². The minimum absolute atomic E-state index is 0.0850. The predicted molar refractivity (Wildman–Crippen MR) is 491 cm³/mol. The Morgan fingerprint density at radius 2 is 0.453 bits per heavy atom. The van der Waals surface area contributed by atoms with E-state index >= 15 is 0 Å². The number of allylic oxidation sites excluding steroid dienone is 32. The monoisotopic (exact) mass is 1670 g/mol. The average molecular weight is 1670 g/mol. The topological polar surface area (TPSA) is 231 Å². The highest BCUT2D eigenvalue weighted by Gasteiger charge is 2.29. The molecule has 0 saturated carbocycles. The smallest absolute Gasteiger partial charge is 0.463 e. The van der Waals surface area contributed by atoms with Crippen LogP contribution in [0.25, 0.3) is 0 Å². The molecular formula is C99H164O16P2. The molecule has 0 aliphatic carbocycles. The van der Waals surface area contributed by atoms with Crippen LogP contribution in [-0.2, 0) is 55.8 Å². The number of hydrogen-bond acceptors (Lipinski definition) is 14. The first-order valence-corrected chi connectivity index (χ1v) is 48.7. The number of carbonyl (C=O) groups excluding carboxylic acids is 3. The number of hydrogen-bond donors (Lipinski definition) is 4. The lowest BCUT2D eigenvalue weighted by atomic mass is 10.1. The number of rotatable bonds is 85. The van der Waals surface area contributed by atoms with Crippen LogP contribution in [-0.4, -0.2) is 95.9 Å². The Morgan fingerprint density at radius 3 is 0.718 bits per heavy atom. The Bertz CT molecular complexity index is 2910. The fraction of sp³-hybridized carbons (Fsp3) is 0.646. The van der Waals surface area contributed by atoms with Gasteiger partial charge in [-0.15, -0.1) is 0 Å². The Balaban J connectivity index is 4.68. The third-order valence-electron chi connectivity index (χ3n) is 18.8. The SMILES string of the molecule is CC/C=C\C/C=C\C/C=C\C/C=C\C/C=C\C/C=C\CCCCCCCCCCCCC(=O)OCC(O)COP(=O)(O)OCC(O)COP(=O)(O)OCC(COC(=O)CCCCCCCCCCCC/C=C\C/C=C\C/C=C\C/C=C\C/C=C\C/C=C\CC)OC(=O)CCCCCCCCC/C=C\C/C=C\C/C=C\C/C=C\CCCCC. The van der Waals surface area contributed by atoms with Gasteiger partial charge in [-0.25, -0.2) is 9.13 Å². The number of phosphoric ester groups is 2. The molecule has 0 aliphatic rings. The van der Waals surface area contributed by atoms with Crippen LogP contribution in [0.15, 0.2) is 194 Å². The van der Waals surface area contributed by atoms with Crippen molar-refractivity contribution < 1.29 is 75.8 Å². The van der Waals surface area contributed by atoms with Gasteiger partial charge in [0, 0.05) is 19.3 Å². The van der Waals surface area contributed by atoms with E-state index in [2.05, 4.69) is 215 Å². The quantitative estimate of drug-likeness (QED) is 0.0146. The van der Waals surface area contributed by atoms with E-state index in [-0.39, 0.29) is 19.3 Å². The van der Waals surface area contributed by atoms with Gasteiger partial charge < -0.3 is 34.2 Å². The van der Waals surface area contributed by atoms with E-state index in [1.165, 1.54) is 89.9 Å². The molecule has 16 nitrogen and oxygen atoms in total. The van der Waals surface area contributed by atoms with Gasteiger partial charge in [-0.05, 0) is 167 Å². The van der Waals surface area contributed by atoms with Crippen molar-refractivity contribution in [2.45, 2.75) is 373 Å². The average Bonchev–Trinajstić information content (AvgIpc) is 0.904. The van der Waals surface area contributed by atoms with Crippen molar-refractivity contribution in [3.05, 3.63) is 194 Å². The lowest BCUT2D eigenvalue weighted by molar-refractivity contribution is -0.161. The van der Waals surface area contributed by atoms with Crippen LogP contribution < -0.4 is 0 Å². The molecule has 5 atom stereocenters. The van der Waals surface area contributed by atoms with Gasteiger partial charge in [-0.2, -0.15) is 0 Å². The zero-order chi connectivity index (χ0) is 85.1. The van der Waals surface area contributed by atoms with Crippen LogP contribution in [0.2, 0.25) is 0 Å². The van der Waals surface area contributed by atoms with Crippen molar-refractivity contribution in [3.8, 4) is 0 Å². The summed E-state index contributed by atoms with van der Waals surface area (Å²) in [5.41, 5.74) is 0. The number of phosphoric acid groups is 2. The van der Waals surface area contributed by atoms with E-state index in [1.807, 2.05) is 0 Å². The fourth-order valence-electron chi connectivity index (χ4n) is 11.9. The van der Waals surface area contributed by atoms with Gasteiger partial charge in [-0.3, -0.25) is 32.5 Å². The molecule has 0 aromatic rings. The molecule has 0 heterocycles. The maximum absolute atomic E-state index is 13.1. The van der Waals surface area contributed by atoms with E-state index in [4.69, 9.17) is 32.3 Å². The number of aliphatic hydroxyl groups excluding tert-OH is 2. The standard InChI is InChI=1S/C99H164O16P2/c1-4-7-10-13-16-19-22-25-28-31-34-37-40-42-44-46-48-50-53-55-58-61-64-67-70-73-76-79-82-85-97(102)109-88-94(100)89-111-116(105,106)112-90-95(101)91-113-117(107,108)114-93-96(115-99(104)87-84-81-78-75-72-69-66-63-60-57-52-39-36-33-30-27-24-21-18-15-12-9-6-3)92-110-98(103)86-83-80-77-74-71-68-65-62-59-56-54-51-49-47-45-43-41-38-35-32-29-26-23-20-17-14-11-8-5-2/h7-8,10-11,16-21,25-30,34-39,42-45,48-51,57,60,94-96,100-101H,4-6,9,12-15,22-24,31-33,40-41,46-47,52-56,58-59,61-93H2,1-3H3,(H,105,106)(H,107,108)/b10-7-,11-8-,19-16-,20-17-,21-18-,28-25-,29-26-,30-27-,37-34-,38-35-,39-36-,44-42-,45-43-,50-48-,51-49-,60-57-. The second-order valence-corrected chi connectivity index (χ2v) is 32.9. The minimum Gasteiger partial charge on any atom is -0.463 e. The summed E-state index contributed by atoms with van der Waals surface area (Å²) in [7, 11) is -9.82. The number of unbranched alkanes of at least 4 members (excludes halogenated alkanes) is 30. The lowest BCUT2D eigenvalue weighted by Crippen LogP contribution is -2.30. The van der Waals surface area contributed by atoms with E-state index in [0.717, 1.165) is 205 Å². The van der Waals surface area contributed by atoms with Gasteiger partial charge in [0.05, 0.1) is 26.4 Å². The number of aliphatic hydroxyl groups is 2. The third kappa shape index (κ3) is 91.0. The van der Waals surface area contributed by atoms with Gasteiger partial charge >= 0.3 is 33.6 Å². The van der Waals surface area contributed by atoms with Crippen LogP contribution in [0, 0.1) is 0 Å². The highest BCUT2D eigenvalue weighted by molar-refractivity contribution is 7.47. The molecule has 0 aromatic carbocycles. The minimum atomic E-state index is -4.95. The zero-order valence-electron chi connectivity index (χ0n) is 73.3. The number of esters is 3. The van der Waals surface area contributed by atoms with Crippen LogP contribution in [0.3, 0.4) is 0 Å². The number of ether oxygens (including phenoxy) is 3. The van der Waals surface area contributed by atoms with Crippen molar-refractivity contribution in [1.82, 2.24) is 0 Å². The Hall–Kier alpha value is -5.61. The highest BCUT2D eigenvalue weighted by Crippen LogP contribution is 2.45. The van der Waals surface area contributed by atoms with Crippen molar-refractivity contribution >= 4 is 33.6 Å². The summed E-state index contributed by atoms with van der Waals surface area (Å²) in [6, 6.07) is 0. The molecule has 0 radical (unpaired) electrons. The van der Waals surface area contributed by atoms with Crippen molar-refractivity contribution in [2.24, 2.45) is 0 Å². The molecule has 666 valence electrons. The first kappa shape index (κ1) is 111. The van der Waals surface area contributed by atoms with Crippen molar-refractivity contribution in [2.75, 3.05) is 39.6 Å². The number of carbonyl (C=O) groups is 3. The molecular weight excluding hydrogens is 1510 g/mol. The largest absolute Gasteiger partial charge is 0.472 e. The van der Waals surface area contributed by atoms with Crippen molar-refractivity contribution in [3.63, 3.8) is 0 Å². The Kier molecular flexibility index (Phi) is 85.3. The summed E-state index contributed by atoms with van der Waals surface area (Å²) in [5.74, 6) is -1.60. The Morgan fingerprint density at radius 1 is 0.248 bits per heavy atom. The second kappa shape index (κ2) is 89.6. The normalized spacial score (nSPS) is 14.7. The zero-order valence-corrected chi connectivity index (χ0v) is 75.1. The first-order valence-electron chi connectivity index (χ1n) is 45.7. The summed E-state index contributed by atoms with van der Waals surface area (Å²) < 4.78 is 61.5. The summed E-state index contributed by atoms with van der Waals surface area (Å²) in [5, 5.41) is 20.7. The molecule has 0 amide bonds. The Labute approximate surface area is 712 Å². The highest BCUT2D eigenvalue weighted by atomic mass is 31.2. The fourth-order valence-corrected chi connectivity index (χ4v) is 13.5. The molecule has 5 unspecified atom stereocenters. The van der Waals surface area contributed by atoms with Gasteiger partial charge in [0.1, 0.15) is 25.4 Å². The summed E-state index contributed by atoms with van der Waals surface area (Å²) in [6.45, 7) is 2.43. The molecule has 4 N–H and O–H groups in total. The molecule has 0 fully saturated rings. The second-order valence-electron chi connectivity index (χ2n) is 30.0. The van der Waals surface area contributed by atoms with E-state index in [1.54, 1.807) is 0 Å². The van der Waals surface area contributed by atoms with E-state index in [9.17, 15) is 43.5 Å². The van der Waals surface area contributed by atoms with E-state index in [0.29, 0.717) is 19.3 Å². The van der Waals surface area contributed by atoms with Gasteiger partial charge in [0.25, 0.3) is 0 Å². The molecule has 0 aliphatic heterocycles. The van der Waals surface area contributed by atoms with E-state index < -0.39 is 91.5 Å². The van der Waals surface area contributed by atoms with Gasteiger partial charge in [0.2, 0.25) is 0 Å².